The van der Waals surface area contributed by atoms with Crippen LogP contribution in [0.1, 0.15) is 38.1 Å². The maximum atomic E-state index is 12.8. The quantitative estimate of drug-likeness (QED) is 0.610. The van der Waals surface area contributed by atoms with Crippen LogP contribution in [0.3, 0.4) is 0 Å². The minimum absolute atomic E-state index is 0.138. The van der Waals surface area contributed by atoms with Crippen LogP contribution in [0.15, 0.2) is 67.0 Å². The summed E-state index contributed by atoms with van der Waals surface area (Å²) in [4.78, 5) is 8.29. The molecule has 0 aliphatic heterocycles. The van der Waals surface area contributed by atoms with E-state index in [0.717, 1.165) is 0 Å². The van der Waals surface area contributed by atoms with Crippen LogP contribution in [0.5, 0.6) is 11.5 Å². The number of nitrogens with zero attached hydrogens (tertiary/aromatic N) is 2. The number of benzene rings is 2. The van der Waals surface area contributed by atoms with Gasteiger partial charge in [0, 0.05) is 12.4 Å². The lowest BCUT2D eigenvalue weighted by molar-refractivity contribution is 0.482. The van der Waals surface area contributed by atoms with Crippen LogP contribution in [-0.2, 0) is 10.0 Å². The molecule has 3 aromatic rings. The summed E-state index contributed by atoms with van der Waals surface area (Å²) in [7, 11) is -3.68. The van der Waals surface area contributed by atoms with Crippen molar-refractivity contribution in [3.63, 3.8) is 0 Å². The molecule has 0 aliphatic carbocycles. The van der Waals surface area contributed by atoms with Crippen molar-refractivity contribution >= 4 is 21.6 Å². The highest BCUT2D eigenvalue weighted by Crippen LogP contribution is 2.30. The third kappa shape index (κ3) is 5.12. The van der Waals surface area contributed by atoms with Crippen LogP contribution in [-0.4, -0.2) is 23.1 Å². The molecule has 1 heterocycles. The zero-order chi connectivity index (χ0) is 21.1. The number of nitrogens with one attached hydrogen (secondary N) is 1. The first kappa shape index (κ1) is 21.2. The molecule has 0 aliphatic rings. The molecule has 29 heavy (non-hydrogen) atoms. The van der Waals surface area contributed by atoms with E-state index in [1.165, 1.54) is 12.4 Å². The maximum absolute atomic E-state index is 12.8. The van der Waals surface area contributed by atoms with E-state index in [9.17, 15) is 8.42 Å². The van der Waals surface area contributed by atoms with Gasteiger partial charge in [0.05, 0.1) is 10.8 Å². The van der Waals surface area contributed by atoms with Gasteiger partial charge in [0.1, 0.15) is 17.2 Å². The van der Waals surface area contributed by atoms with E-state index in [1.54, 1.807) is 45.0 Å². The number of hydrogen-bond donors (Lipinski definition) is 1. The van der Waals surface area contributed by atoms with Gasteiger partial charge in [0.25, 0.3) is 0 Å². The fraction of sp³-hybridized carbons (Fsp3) is 0.238. The van der Waals surface area contributed by atoms with Gasteiger partial charge in [-0.2, -0.15) is 0 Å². The second-order valence-corrected chi connectivity index (χ2v) is 10.2. The zero-order valence-electron chi connectivity index (χ0n) is 16.3. The summed E-state index contributed by atoms with van der Waals surface area (Å²) in [5.74, 6) is 1.34. The number of para-hydroxylation sites is 1. The smallest absolute Gasteiger partial charge is 0.217 e. The Morgan fingerprint density at radius 1 is 0.931 bits per heavy atom. The van der Waals surface area contributed by atoms with Gasteiger partial charge in [0.15, 0.2) is 5.15 Å². The normalized spacial score (nSPS) is 13.1. The van der Waals surface area contributed by atoms with E-state index in [-0.39, 0.29) is 5.15 Å². The maximum Gasteiger partial charge on any atom is 0.217 e. The number of ether oxygens (including phenoxy) is 1. The predicted octanol–water partition coefficient (Wildman–Crippen LogP) is 4.73. The largest absolute Gasteiger partial charge is 0.457 e. The summed E-state index contributed by atoms with van der Waals surface area (Å²) in [6, 6.07) is 15.7. The Bertz CT molecular complexity index is 1070. The van der Waals surface area contributed by atoms with Gasteiger partial charge in [0.2, 0.25) is 10.0 Å². The standard InChI is InChI=1S/C21H22ClN3O3S/c1-21(2,3)29(26,27)25-18(19-20(22)24-14-13-23-19)15-9-11-17(12-10-15)28-16-7-5-4-6-8-16/h4-14,18,25H,1-3H3. The monoisotopic (exact) mass is 431 g/mol. The third-order valence-corrected chi connectivity index (χ3v) is 6.67. The van der Waals surface area contributed by atoms with E-state index >= 15 is 0 Å². The van der Waals surface area contributed by atoms with Crippen molar-refractivity contribution in [3.05, 3.63) is 83.4 Å². The molecule has 8 heteroatoms. The summed E-state index contributed by atoms with van der Waals surface area (Å²) in [6.07, 6.45) is 2.93. The van der Waals surface area contributed by atoms with Gasteiger partial charge < -0.3 is 4.74 Å². The molecule has 0 saturated carbocycles. The summed E-state index contributed by atoms with van der Waals surface area (Å²) >= 11 is 6.22. The molecule has 0 radical (unpaired) electrons. The minimum Gasteiger partial charge on any atom is -0.457 e. The third-order valence-electron chi connectivity index (χ3n) is 4.22. The molecule has 0 saturated heterocycles. The number of sulfonamides is 1. The van der Waals surface area contributed by atoms with Gasteiger partial charge in [-0.25, -0.2) is 18.1 Å². The number of rotatable bonds is 6. The molecule has 1 atom stereocenters. The minimum atomic E-state index is -3.68. The highest BCUT2D eigenvalue weighted by molar-refractivity contribution is 7.90. The fourth-order valence-corrected chi connectivity index (χ4v) is 3.62. The molecule has 0 fully saturated rings. The summed E-state index contributed by atoms with van der Waals surface area (Å²) in [5, 5.41) is 0.138. The highest BCUT2D eigenvalue weighted by atomic mass is 35.5. The second kappa shape index (κ2) is 8.49. The van der Waals surface area contributed by atoms with E-state index in [4.69, 9.17) is 16.3 Å². The van der Waals surface area contributed by atoms with E-state index < -0.39 is 20.8 Å². The first-order chi connectivity index (χ1) is 13.7. The van der Waals surface area contributed by atoms with E-state index in [0.29, 0.717) is 22.8 Å². The topological polar surface area (TPSA) is 81.2 Å². The first-order valence-electron chi connectivity index (χ1n) is 8.98. The van der Waals surface area contributed by atoms with Gasteiger partial charge in [-0.15, -0.1) is 0 Å². The van der Waals surface area contributed by atoms with Crippen molar-refractivity contribution in [2.45, 2.75) is 31.6 Å². The van der Waals surface area contributed by atoms with Gasteiger partial charge in [-0.05, 0) is 50.6 Å². The Hall–Kier alpha value is -2.48. The lowest BCUT2D eigenvalue weighted by Gasteiger charge is -2.25. The SMILES string of the molecule is CC(C)(C)S(=O)(=O)NC(c1ccc(Oc2ccccc2)cc1)c1nccnc1Cl. The molecule has 3 rings (SSSR count). The van der Waals surface area contributed by atoms with Gasteiger partial charge >= 0.3 is 0 Å². The average molecular weight is 432 g/mol. The van der Waals surface area contributed by atoms with Crippen LogP contribution in [0, 0.1) is 0 Å². The van der Waals surface area contributed by atoms with Crippen molar-refractivity contribution in [1.29, 1.82) is 0 Å². The Morgan fingerprint density at radius 2 is 1.52 bits per heavy atom. The van der Waals surface area contributed by atoms with Crippen molar-refractivity contribution < 1.29 is 13.2 Å². The molecule has 1 aromatic heterocycles. The fourth-order valence-electron chi connectivity index (χ4n) is 2.49. The molecule has 152 valence electrons. The van der Waals surface area contributed by atoms with Crippen LogP contribution >= 0.6 is 11.6 Å². The molecular formula is C21H22ClN3O3S. The summed E-state index contributed by atoms with van der Waals surface area (Å²) in [6.45, 7) is 4.88. The van der Waals surface area contributed by atoms with Crippen molar-refractivity contribution in [2.75, 3.05) is 0 Å². The Kier molecular flexibility index (Phi) is 6.21. The summed E-state index contributed by atoms with van der Waals surface area (Å²) in [5.41, 5.74) is 0.999. The predicted molar refractivity (Wildman–Crippen MR) is 114 cm³/mol. The zero-order valence-corrected chi connectivity index (χ0v) is 17.9. The number of hydrogen-bond acceptors (Lipinski definition) is 5. The van der Waals surface area contributed by atoms with Crippen LogP contribution < -0.4 is 9.46 Å². The molecule has 0 spiro atoms. The average Bonchev–Trinajstić information content (AvgIpc) is 2.67. The molecular weight excluding hydrogens is 410 g/mol. The van der Waals surface area contributed by atoms with Crippen LogP contribution in [0.4, 0.5) is 0 Å². The first-order valence-corrected chi connectivity index (χ1v) is 10.8. The van der Waals surface area contributed by atoms with E-state index in [2.05, 4.69) is 14.7 Å². The van der Waals surface area contributed by atoms with Gasteiger partial charge in [-0.3, -0.25) is 4.98 Å². The van der Waals surface area contributed by atoms with Crippen molar-refractivity contribution in [3.8, 4) is 11.5 Å². The van der Waals surface area contributed by atoms with Crippen molar-refractivity contribution in [2.24, 2.45) is 0 Å². The Morgan fingerprint density at radius 3 is 2.10 bits per heavy atom. The molecule has 1 N–H and O–H groups in total. The molecule has 1 unspecified atom stereocenters. The van der Waals surface area contributed by atoms with Crippen LogP contribution in [0.2, 0.25) is 5.15 Å². The van der Waals surface area contributed by atoms with Crippen LogP contribution in [0.25, 0.3) is 0 Å². The molecule has 0 amide bonds. The number of halogens is 1. The lowest BCUT2D eigenvalue weighted by Crippen LogP contribution is -2.41. The molecule has 2 aromatic carbocycles. The van der Waals surface area contributed by atoms with Crippen molar-refractivity contribution in [1.82, 2.24) is 14.7 Å². The van der Waals surface area contributed by atoms with E-state index in [1.807, 2.05) is 30.3 Å². The van der Waals surface area contributed by atoms with Gasteiger partial charge in [-0.1, -0.05) is 41.9 Å². The number of aromatic nitrogens is 2. The lowest BCUT2D eigenvalue weighted by atomic mass is 10.0. The second-order valence-electron chi connectivity index (χ2n) is 7.38. The highest BCUT2D eigenvalue weighted by Gasteiger charge is 2.33. The molecule has 0 bridgehead atoms. The molecule has 6 nitrogen and oxygen atoms in total. The Balaban J connectivity index is 1.95. The summed E-state index contributed by atoms with van der Waals surface area (Å²) < 4.78 is 33.1. The Labute approximate surface area is 176 Å².